The summed E-state index contributed by atoms with van der Waals surface area (Å²) < 4.78 is 10.8. The lowest BCUT2D eigenvalue weighted by Gasteiger charge is -2.27. The van der Waals surface area contributed by atoms with Crippen LogP contribution in [-0.4, -0.2) is 24.0 Å². The number of carbonyl (C=O) groups excluding carboxylic acids is 2. The zero-order valence-corrected chi connectivity index (χ0v) is 19.2. The molecule has 168 valence electrons. The maximum absolute atomic E-state index is 12.6. The molecule has 0 aliphatic carbocycles. The van der Waals surface area contributed by atoms with Gasteiger partial charge in [-0.05, 0) is 43.2 Å². The monoisotopic (exact) mass is 454 g/mol. The van der Waals surface area contributed by atoms with Crippen LogP contribution in [0.25, 0.3) is 10.9 Å². The molecule has 6 nitrogen and oxygen atoms in total. The Morgan fingerprint density at radius 1 is 1.06 bits per heavy atom. The summed E-state index contributed by atoms with van der Waals surface area (Å²) in [5, 5.41) is 4.49. The highest BCUT2D eigenvalue weighted by molar-refractivity contribution is 6.31. The highest BCUT2D eigenvalue weighted by Crippen LogP contribution is 2.33. The highest BCUT2D eigenvalue weighted by atomic mass is 35.5. The number of methoxy groups -OCH3 is 1. The van der Waals surface area contributed by atoms with Gasteiger partial charge in [0, 0.05) is 28.6 Å². The van der Waals surface area contributed by atoms with E-state index in [9.17, 15) is 9.59 Å². The lowest BCUT2D eigenvalue weighted by molar-refractivity contribution is -0.155. The molecule has 1 N–H and O–H groups in total. The largest absolute Gasteiger partial charge is 0.487 e. The highest BCUT2D eigenvalue weighted by Gasteiger charge is 2.38. The van der Waals surface area contributed by atoms with Crippen LogP contribution < -0.4 is 10.1 Å². The summed E-state index contributed by atoms with van der Waals surface area (Å²) in [6.45, 7) is 4.05. The number of halogens is 1. The molecule has 3 aromatic rings. The molecule has 0 aliphatic rings. The van der Waals surface area contributed by atoms with Crippen molar-refractivity contribution in [1.82, 2.24) is 4.98 Å². The van der Waals surface area contributed by atoms with Crippen molar-refractivity contribution in [2.24, 2.45) is 5.41 Å². The third-order valence-corrected chi connectivity index (χ3v) is 5.92. The number of benzene rings is 2. The Labute approximate surface area is 192 Å². The van der Waals surface area contributed by atoms with Crippen molar-refractivity contribution in [3.63, 3.8) is 0 Å². The summed E-state index contributed by atoms with van der Waals surface area (Å²) in [4.78, 5) is 29.4. The summed E-state index contributed by atoms with van der Waals surface area (Å²) in [5.74, 6) is -0.00997. The summed E-state index contributed by atoms with van der Waals surface area (Å²) in [6.07, 6.45) is 1.11. The zero-order chi connectivity index (χ0) is 23.1. The molecule has 2 aromatic carbocycles. The molecule has 1 aromatic heterocycles. The van der Waals surface area contributed by atoms with Gasteiger partial charge in [-0.25, -0.2) is 4.98 Å². The molecule has 0 fully saturated rings. The molecule has 0 unspecified atom stereocenters. The molecule has 32 heavy (non-hydrogen) atoms. The second-order valence-electron chi connectivity index (χ2n) is 7.66. The fourth-order valence-corrected chi connectivity index (χ4v) is 3.79. The number of ether oxygens (including phenoxy) is 2. The van der Waals surface area contributed by atoms with E-state index in [4.69, 9.17) is 21.1 Å². The number of nitrogens with zero attached hydrogens (tertiary/aromatic N) is 1. The molecular weight excluding hydrogens is 428 g/mol. The molecule has 0 saturated carbocycles. The van der Waals surface area contributed by atoms with E-state index in [1.165, 1.54) is 7.11 Å². The second kappa shape index (κ2) is 10.5. The summed E-state index contributed by atoms with van der Waals surface area (Å²) in [7, 11) is 1.35. The number of fused-ring (bicyclic) bond motifs is 1. The van der Waals surface area contributed by atoms with E-state index >= 15 is 0 Å². The molecule has 3 rings (SSSR count). The first-order valence-electron chi connectivity index (χ1n) is 10.6. The van der Waals surface area contributed by atoms with Crippen molar-refractivity contribution in [3.05, 3.63) is 65.3 Å². The fourth-order valence-electron chi connectivity index (χ4n) is 3.62. The maximum Gasteiger partial charge on any atom is 0.312 e. The van der Waals surface area contributed by atoms with Crippen LogP contribution >= 0.6 is 11.6 Å². The van der Waals surface area contributed by atoms with Crippen molar-refractivity contribution >= 4 is 40.1 Å². The van der Waals surface area contributed by atoms with Crippen molar-refractivity contribution < 1.29 is 19.1 Å². The Kier molecular flexibility index (Phi) is 7.70. The normalized spacial score (nSPS) is 11.2. The molecule has 0 radical (unpaired) electrons. The van der Waals surface area contributed by atoms with Crippen LogP contribution in [0.5, 0.6) is 5.75 Å². The molecule has 0 aliphatic heterocycles. The lowest BCUT2D eigenvalue weighted by atomic mass is 9.79. The van der Waals surface area contributed by atoms with E-state index in [0.717, 1.165) is 16.6 Å². The predicted octanol–water partition coefficient (Wildman–Crippen LogP) is 5.78. The maximum atomic E-state index is 12.6. The number of rotatable bonds is 9. The van der Waals surface area contributed by atoms with Gasteiger partial charge in [-0.3, -0.25) is 9.59 Å². The Morgan fingerprint density at radius 2 is 1.81 bits per heavy atom. The number of carbonyl (C=O) groups is 2. The van der Waals surface area contributed by atoms with Crippen molar-refractivity contribution in [2.45, 2.75) is 39.7 Å². The second-order valence-corrected chi connectivity index (χ2v) is 8.10. The van der Waals surface area contributed by atoms with Gasteiger partial charge in [-0.15, -0.1) is 0 Å². The first-order chi connectivity index (χ1) is 15.4. The van der Waals surface area contributed by atoms with E-state index in [0.29, 0.717) is 29.3 Å². The summed E-state index contributed by atoms with van der Waals surface area (Å²) in [6, 6.07) is 16.6. The fraction of sp³-hybridized carbons (Fsp3) is 0.320. The third kappa shape index (κ3) is 5.56. The number of pyridine rings is 1. The minimum atomic E-state index is -0.822. The van der Waals surface area contributed by atoms with E-state index in [1.54, 1.807) is 18.2 Å². The Bertz CT molecular complexity index is 1110. The van der Waals surface area contributed by atoms with Crippen LogP contribution in [0.4, 0.5) is 5.69 Å². The number of nitrogens with one attached hydrogen (secondary N) is 1. The number of amides is 1. The smallest absolute Gasteiger partial charge is 0.312 e. The Hall–Kier alpha value is -3.12. The van der Waals surface area contributed by atoms with E-state index < -0.39 is 5.41 Å². The third-order valence-electron chi connectivity index (χ3n) is 5.69. The molecule has 0 saturated heterocycles. The van der Waals surface area contributed by atoms with Crippen LogP contribution in [0, 0.1) is 5.41 Å². The zero-order valence-electron chi connectivity index (χ0n) is 18.5. The Morgan fingerprint density at radius 3 is 2.53 bits per heavy atom. The average molecular weight is 455 g/mol. The van der Waals surface area contributed by atoms with Gasteiger partial charge in [0.25, 0.3) is 0 Å². The molecule has 0 spiro atoms. The standard InChI is InChI=1S/C25H27ClN2O4/c1-4-25(5-2,24(30)31-3)15-23(29)28-19-7-6-8-21(14-19)32-16-20-12-10-17-9-11-18(26)13-22(17)27-20/h6-14H,4-5,15-16H2,1-3H3,(H,28,29). The van der Waals surface area contributed by atoms with Gasteiger partial charge in [0.05, 0.1) is 23.7 Å². The van der Waals surface area contributed by atoms with Gasteiger partial charge in [0.15, 0.2) is 0 Å². The van der Waals surface area contributed by atoms with Gasteiger partial charge in [-0.1, -0.05) is 43.6 Å². The predicted molar refractivity (Wildman–Crippen MR) is 126 cm³/mol. The van der Waals surface area contributed by atoms with Gasteiger partial charge < -0.3 is 14.8 Å². The SMILES string of the molecule is CCC(CC)(CC(=O)Nc1cccc(OCc2ccc3ccc(Cl)cc3n2)c1)C(=O)OC. The van der Waals surface area contributed by atoms with Crippen LogP contribution in [-0.2, 0) is 20.9 Å². The number of esters is 1. The Balaban J connectivity index is 1.65. The quantitative estimate of drug-likeness (QED) is 0.415. The first-order valence-corrected chi connectivity index (χ1v) is 10.9. The van der Waals surface area contributed by atoms with Crippen molar-refractivity contribution in [3.8, 4) is 5.75 Å². The first kappa shape index (κ1) is 23.5. The van der Waals surface area contributed by atoms with Crippen LogP contribution in [0.15, 0.2) is 54.6 Å². The van der Waals surface area contributed by atoms with Gasteiger partial charge in [-0.2, -0.15) is 0 Å². The summed E-state index contributed by atoms with van der Waals surface area (Å²) >= 11 is 6.06. The van der Waals surface area contributed by atoms with Crippen molar-refractivity contribution in [2.75, 3.05) is 12.4 Å². The van der Waals surface area contributed by atoms with Crippen LogP contribution in [0.3, 0.4) is 0 Å². The van der Waals surface area contributed by atoms with E-state index in [1.807, 2.05) is 50.2 Å². The molecular formula is C25H27ClN2O4. The number of anilines is 1. The number of aromatic nitrogens is 1. The van der Waals surface area contributed by atoms with Gasteiger partial charge >= 0.3 is 5.97 Å². The molecule has 7 heteroatoms. The average Bonchev–Trinajstić information content (AvgIpc) is 2.80. The lowest BCUT2D eigenvalue weighted by Crippen LogP contribution is -2.35. The number of hydrogen-bond donors (Lipinski definition) is 1. The van der Waals surface area contributed by atoms with Crippen LogP contribution in [0.2, 0.25) is 5.02 Å². The van der Waals surface area contributed by atoms with Crippen molar-refractivity contribution in [1.29, 1.82) is 0 Å². The molecule has 1 heterocycles. The van der Waals surface area contributed by atoms with Gasteiger partial charge in [0.2, 0.25) is 5.91 Å². The molecule has 0 atom stereocenters. The minimum absolute atomic E-state index is 0.0569. The molecule has 1 amide bonds. The topological polar surface area (TPSA) is 77.5 Å². The molecule has 0 bridgehead atoms. The van der Waals surface area contributed by atoms with Crippen LogP contribution in [0.1, 0.15) is 38.8 Å². The number of hydrogen-bond acceptors (Lipinski definition) is 5. The van der Waals surface area contributed by atoms with E-state index in [-0.39, 0.29) is 24.9 Å². The van der Waals surface area contributed by atoms with Gasteiger partial charge in [0.1, 0.15) is 12.4 Å². The summed E-state index contributed by atoms with van der Waals surface area (Å²) in [5.41, 5.74) is 1.35. The van der Waals surface area contributed by atoms with E-state index in [2.05, 4.69) is 10.3 Å². The minimum Gasteiger partial charge on any atom is -0.487 e.